The molecule has 6 nitrogen and oxygen atoms in total. The summed E-state index contributed by atoms with van der Waals surface area (Å²) in [6.07, 6.45) is 3.58. The number of urea groups is 1. The Bertz CT molecular complexity index is 657. The van der Waals surface area contributed by atoms with Gasteiger partial charge in [-0.15, -0.1) is 0 Å². The summed E-state index contributed by atoms with van der Waals surface area (Å²) in [6, 6.07) is 4.60. The summed E-state index contributed by atoms with van der Waals surface area (Å²) < 4.78 is 7.16. The standard InChI is InChI=1S/C15H19ClN4O2/c1-4-22-14-7-12(16)5-6-13(14)19-15(21)18-10(2)11-8-17-20(3)9-11/h5-10H,4H2,1-3H3,(H2,18,19,21)/t10-/m1/s1. The first-order valence-electron chi connectivity index (χ1n) is 6.98. The van der Waals surface area contributed by atoms with Crippen LogP contribution in [0.3, 0.4) is 0 Å². The second-order valence-electron chi connectivity index (χ2n) is 4.84. The molecular weight excluding hydrogens is 304 g/mol. The molecule has 0 spiro atoms. The van der Waals surface area contributed by atoms with Crippen molar-refractivity contribution in [2.45, 2.75) is 19.9 Å². The Hall–Kier alpha value is -2.21. The largest absolute Gasteiger partial charge is 0.492 e. The number of aromatic nitrogens is 2. The number of nitrogens with one attached hydrogen (secondary N) is 2. The van der Waals surface area contributed by atoms with Gasteiger partial charge in [-0.05, 0) is 26.0 Å². The van der Waals surface area contributed by atoms with Crippen molar-refractivity contribution in [3.63, 3.8) is 0 Å². The monoisotopic (exact) mass is 322 g/mol. The first-order chi connectivity index (χ1) is 10.5. The molecule has 0 aliphatic rings. The number of hydrogen-bond donors (Lipinski definition) is 2. The van der Waals surface area contributed by atoms with Gasteiger partial charge in [-0.25, -0.2) is 4.79 Å². The van der Waals surface area contributed by atoms with Gasteiger partial charge in [0.15, 0.2) is 0 Å². The number of nitrogens with zero attached hydrogens (tertiary/aromatic N) is 2. The fraction of sp³-hybridized carbons (Fsp3) is 0.333. The molecule has 0 aliphatic heterocycles. The van der Waals surface area contributed by atoms with Gasteiger partial charge in [-0.2, -0.15) is 5.10 Å². The molecule has 0 radical (unpaired) electrons. The predicted octanol–water partition coefficient (Wildman–Crippen LogP) is 3.35. The van der Waals surface area contributed by atoms with Crippen LogP contribution in [-0.4, -0.2) is 22.4 Å². The third-order valence-electron chi connectivity index (χ3n) is 3.06. The van der Waals surface area contributed by atoms with Crippen LogP contribution in [0.25, 0.3) is 0 Å². The van der Waals surface area contributed by atoms with Crippen LogP contribution in [0, 0.1) is 0 Å². The van der Waals surface area contributed by atoms with E-state index in [0.29, 0.717) is 23.1 Å². The second kappa shape index (κ2) is 7.17. The van der Waals surface area contributed by atoms with Gasteiger partial charge in [0, 0.05) is 29.9 Å². The summed E-state index contributed by atoms with van der Waals surface area (Å²) in [7, 11) is 1.83. The Balaban J connectivity index is 2.02. The van der Waals surface area contributed by atoms with Crippen LogP contribution in [-0.2, 0) is 7.05 Å². The molecule has 0 fully saturated rings. The number of halogens is 1. The normalized spacial score (nSPS) is 11.8. The molecule has 0 unspecified atom stereocenters. The smallest absolute Gasteiger partial charge is 0.319 e. The molecule has 22 heavy (non-hydrogen) atoms. The van der Waals surface area contributed by atoms with Crippen molar-refractivity contribution in [2.75, 3.05) is 11.9 Å². The number of benzene rings is 1. The van der Waals surface area contributed by atoms with Gasteiger partial charge in [-0.3, -0.25) is 4.68 Å². The van der Waals surface area contributed by atoms with E-state index in [2.05, 4.69) is 15.7 Å². The zero-order valence-corrected chi connectivity index (χ0v) is 13.5. The van der Waals surface area contributed by atoms with E-state index >= 15 is 0 Å². The van der Waals surface area contributed by atoms with Crippen LogP contribution in [0.15, 0.2) is 30.6 Å². The van der Waals surface area contributed by atoms with E-state index in [-0.39, 0.29) is 12.1 Å². The molecule has 1 aromatic heterocycles. The third-order valence-corrected chi connectivity index (χ3v) is 3.30. The number of carbonyl (C=O) groups is 1. The van der Waals surface area contributed by atoms with E-state index in [4.69, 9.17) is 16.3 Å². The summed E-state index contributed by atoms with van der Waals surface area (Å²) in [6.45, 7) is 4.25. The Kier molecular flexibility index (Phi) is 5.27. The maximum Gasteiger partial charge on any atom is 0.319 e. The highest BCUT2D eigenvalue weighted by Gasteiger charge is 2.13. The van der Waals surface area contributed by atoms with E-state index in [1.807, 2.05) is 27.1 Å². The van der Waals surface area contributed by atoms with Gasteiger partial charge in [0.25, 0.3) is 0 Å². The Morgan fingerprint density at radius 3 is 2.91 bits per heavy atom. The molecular formula is C15H19ClN4O2. The second-order valence-corrected chi connectivity index (χ2v) is 5.28. The molecule has 0 aliphatic carbocycles. The van der Waals surface area contributed by atoms with E-state index in [1.165, 1.54) is 0 Å². The number of anilines is 1. The van der Waals surface area contributed by atoms with Gasteiger partial charge >= 0.3 is 6.03 Å². The van der Waals surface area contributed by atoms with Gasteiger partial charge in [-0.1, -0.05) is 11.6 Å². The van der Waals surface area contributed by atoms with Crippen LogP contribution in [0.4, 0.5) is 10.5 Å². The summed E-state index contributed by atoms with van der Waals surface area (Å²) in [4.78, 5) is 12.1. The van der Waals surface area contributed by atoms with Gasteiger partial charge in [0.1, 0.15) is 5.75 Å². The third kappa shape index (κ3) is 4.14. The fourth-order valence-corrected chi connectivity index (χ4v) is 2.14. The predicted molar refractivity (Wildman–Crippen MR) is 86.4 cm³/mol. The SMILES string of the molecule is CCOc1cc(Cl)ccc1NC(=O)N[C@H](C)c1cnn(C)c1. The Labute approximate surface area is 134 Å². The molecule has 2 aromatic rings. The zero-order chi connectivity index (χ0) is 16.1. The Morgan fingerprint density at radius 2 is 2.27 bits per heavy atom. The number of carbonyl (C=O) groups excluding carboxylic acids is 1. The number of hydrogen-bond acceptors (Lipinski definition) is 3. The van der Waals surface area contributed by atoms with Crippen molar-refractivity contribution >= 4 is 23.3 Å². The van der Waals surface area contributed by atoms with Gasteiger partial charge < -0.3 is 15.4 Å². The van der Waals surface area contributed by atoms with Crippen molar-refractivity contribution in [1.29, 1.82) is 0 Å². The zero-order valence-electron chi connectivity index (χ0n) is 12.8. The van der Waals surface area contributed by atoms with E-state index in [0.717, 1.165) is 5.56 Å². The Morgan fingerprint density at radius 1 is 1.50 bits per heavy atom. The van der Waals surface area contributed by atoms with Crippen molar-refractivity contribution in [3.8, 4) is 5.75 Å². The van der Waals surface area contributed by atoms with Crippen LogP contribution in [0.1, 0.15) is 25.5 Å². The molecule has 1 heterocycles. The molecule has 2 rings (SSSR count). The minimum absolute atomic E-state index is 0.156. The first-order valence-corrected chi connectivity index (χ1v) is 7.35. The van der Waals surface area contributed by atoms with E-state index in [1.54, 1.807) is 29.1 Å². The highest BCUT2D eigenvalue weighted by molar-refractivity contribution is 6.30. The quantitative estimate of drug-likeness (QED) is 0.887. The lowest BCUT2D eigenvalue weighted by molar-refractivity contribution is 0.249. The molecule has 1 aromatic carbocycles. The molecule has 1 atom stereocenters. The lowest BCUT2D eigenvalue weighted by atomic mass is 10.2. The van der Waals surface area contributed by atoms with E-state index in [9.17, 15) is 4.79 Å². The summed E-state index contributed by atoms with van der Waals surface area (Å²) in [5.74, 6) is 0.541. The first kappa shape index (κ1) is 16.2. The highest BCUT2D eigenvalue weighted by Crippen LogP contribution is 2.28. The van der Waals surface area contributed by atoms with Crippen molar-refractivity contribution < 1.29 is 9.53 Å². The number of rotatable bonds is 5. The molecule has 2 amide bonds. The van der Waals surface area contributed by atoms with Crippen LogP contribution >= 0.6 is 11.6 Å². The molecule has 0 saturated heterocycles. The van der Waals surface area contributed by atoms with Crippen LogP contribution < -0.4 is 15.4 Å². The number of aryl methyl sites for hydroxylation is 1. The van der Waals surface area contributed by atoms with Crippen molar-refractivity contribution in [3.05, 3.63) is 41.2 Å². The van der Waals surface area contributed by atoms with Gasteiger partial charge in [0.2, 0.25) is 0 Å². The molecule has 118 valence electrons. The lowest BCUT2D eigenvalue weighted by Crippen LogP contribution is -2.31. The van der Waals surface area contributed by atoms with Crippen molar-refractivity contribution in [2.24, 2.45) is 7.05 Å². The average Bonchev–Trinajstić information content (AvgIpc) is 2.89. The molecule has 0 bridgehead atoms. The molecule has 0 saturated carbocycles. The maximum atomic E-state index is 12.1. The fourth-order valence-electron chi connectivity index (χ4n) is 1.98. The van der Waals surface area contributed by atoms with Gasteiger partial charge in [0.05, 0.1) is 24.5 Å². The van der Waals surface area contributed by atoms with Crippen LogP contribution in [0.5, 0.6) is 5.75 Å². The highest BCUT2D eigenvalue weighted by atomic mass is 35.5. The number of ether oxygens (including phenoxy) is 1. The topological polar surface area (TPSA) is 68.2 Å². The average molecular weight is 323 g/mol. The summed E-state index contributed by atoms with van der Waals surface area (Å²) in [5.41, 5.74) is 1.50. The molecule has 7 heteroatoms. The minimum atomic E-state index is -0.320. The minimum Gasteiger partial charge on any atom is -0.492 e. The van der Waals surface area contributed by atoms with E-state index < -0.39 is 0 Å². The van der Waals surface area contributed by atoms with Crippen LogP contribution in [0.2, 0.25) is 5.02 Å². The number of amides is 2. The van der Waals surface area contributed by atoms with Crippen molar-refractivity contribution in [1.82, 2.24) is 15.1 Å². The lowest BCUT2D eigenvalue weighted by Gasteiger charge is -2.15. The maximum absolute atomic E-state index is 12.1. The summed E-state index contributed by atoms with van der Waals surface area (Å²) >= 11 is 5.94. The molecule has 2 N–H and O–H groups in total. The summed E-state index contributed by atoms with van der Waals surface area (Å²) in [5, 5.41) is 10.3.